The number of carbonyl (C=O) groups excluding carboxylic acids is 3. The van der Waals surface area contributed by atoms with Crippen molar-refractivity contribution in [1.82, 2.24) is 19.8 Å². The van der Waals surface area contributed by atoms with Gasteiger partial charge < -0.3 is 31.0 Å². The molecule has 0 atom stereocenters. The van der Waals surface area contributed by atoms with Crippen LogP contribution in [0.25, 0.3) is 0 Å². The van der Waals surface area contributed by atoms with E-state index in [4.69, 9.17) is 0 Å². The molecule has 4 N–H and O–H groups in total. The van der Waals surface area contributed by atoms with Crippen molar-refractivity contribution in [1.29, 1.82) is 0 Å². The minimum atomic E-state index is -1.06. The van der Waals surface area contributed by atoms with Gasteiger partial charge in [-0.25, -0.2) is 9.18 Å². The van der Waals surface area contributed by atoms with Gasteiger partial charge in [-0.05, 0) is 37.8 Å². The first-order valence-corrected chi connectivity index (χ1v) is 11.9. The molecule has 186 valence electrons. The highest BCUT2D eigenvalue weighted by Crippen LogP contribution is 2.33. The number of hydrogen-bond acceptors (Lipinski definition) is 5. The van der Waals surface area contributed by atoms with Gasteiger partial charge in [-0.15, -0.1) is 0 Å². The molecule has 0 radical (unpaired) electrons. The maximum Gasteiger partial charge on any atom is 0.319 e. The summed E-state index contributed by atoms with van der Waals surface area (Å²) in [5.74, 6) is -0.331. The van der Waals surface area contributed by atoms with Gasteiger partial charge in [0.1, 0.15) is 18.2 Å². The average molecular weight is 485 g/mol. The maximum absolute atomic E-state index is 13.7. The van der Waals surface area contributed by atoms with E-state index in [0.717, 1.165) is 12.8 Å². The van der Waals surface area contributed by atoms with E-state index in [1.54, 1.807) is 30.5 Å². The summed E-state index contributed by atoms with van der Waals surface area (Å²) in [6, 6.07) is 7.21. The molecule has 35 heavy (non-hydrogen) atoms. The van der Waals surface area contributed by atoms with Crippen molar-refractivity contribution >= 4 is 23.5 Å². The van der Waals surface area contributed by atoms with Gasteiger partial charge in [-0.3, -0.25) is 14.3 Å². The molecule has 0 unspecified atom stereocenters. The fraction of sp³-hybridized carbons (Fsp3) is 0.458. The Morgan fingerprint density at radius 2 is 1.94 bits per heavy atom. The normalized spacial score (nSPS) is 19.1. The van der Waals surface area contributed by atoms with Crippen molar-refractivity contribution in [3.8, 4) is 0 Å². The highest BCUT2D eigenvalue weighted by atomic mass is 19.1. The summed E-state index contributed by atoms with van der Waals surface area (Å²) in [7, 11) is 0. The van der Waals surface area contributed by atoms with Crippen LogP contribution >= 0.6 is 0 Å². The summed E-state index contributed by atoms with van der Waals surface area (Å²) >= 11 is 0. The molecule has 2 aromatic rings. The van der Waals surface area contributed by atoms with E-state index in [1.165, 1.54) is 15.6 Å². The number of hydrogen-bond donors (Lipinski definition) is 4. The minimum absolute atomic E-state index is 0.0271. The number of anilines is 1. The zero-order valence-electron chi connectivity index (χ0n) is 19.3. The number of urea groups is 1. The smallest absolute Gasteiger partial charge is 0.319 e. The number of nitrogens with zero attached hydrogens (tertiary/aromatic N) is 3. The van der Waals surface area contributed by atoms with E-state index in [0.29, 0.717) is 42.9 Å². The molecule has 1 aliphatic carbocycles. The number of aliphatic hydroxyl groups is 1. The van der Waals surface area contributed by atoms with Gasteiger partial charge in [-0.2, -0.15) is 0 Å². The van der Waals surface area contributed by atoms with Crippen molar-refractivity contribution in [2.45, 2.75) is 37.8 Å². The van der Waals surface area contributed by atoms with Crippen molar-refractivity contribution < 1.29 is 23.9 Å². The van der Waals surface area contributed by atoms with E-state index in [1.807, 2.05) is 4.90 Å². The van der Waals surface area contributed by atoms with E-state index in [2.05, 4.69) is 16.1 Å². The molecular weight excluding hydrogens is 455 g/mol. The lowest BCUT2D eigenvalue weighted by Gasteiger charge is -2.42. The third-order valence-electron chi connectivity index (χ3n) is 6.83. The number of piperidine rings is 1. The molecule has 1 saturated carbocycles. The summed E-state index contributed by atoms with van der Waals surface area (Å²) in [5, 5.41) is 16.3. The van der Waals surface area contributed by atoms with Crippen LogP contribution in [0.15, 0.2) is 36.5 Å². The van der Waals surface area contributed by atoms with Gasteiger partial charge in [0.05, 0.1) is 24.0 Å². The zero-order valence-corrected chi connectivity index (χ0v) is 19.3. The van der Waals surface area contributed by atoms with Crippen LogP contribution in [0.4, 0.5) is 14.9 Å². The number of carbonyl (C=O) groups is 3. The molecule has 2 fully saturated rings. The van der Waals surface area contributed by atoms with Gasteiger partial charge in [0.15, 0.2) is 0 Å². The lowest BCUT2D eigenvalue weighted by atomic mass is 9.90. The topological polar surface area (TPSA) is 119 Å². The van der Waals surface area contributed by atoms with Crippen LogP contribution in [-0.2, 0) is 11.3 Å². The molecular formula is C24H29FN6O4. The van der Waals surface area contributed by atoms with Gasteiger partial charge in [0.2, 0.25) is 5.91 Å². The van der Waals surface area contributed by atoms with Crippen LogP contribution in [0, 0.1) is 11.7 Å². The van der Waals surface area contributed by atoms with E-state index in [9.17, 15) is 23.9 Å². The van der Waals surface area contributed by atoms with Gasteiger partial charge in [-0.1, -0.05) is 18.2 Å². The third kappa shape index (κ3) is 5.09. The van der Waals surface area contributed by atoms with Crippen LogP contribution in [-0.4, -0.2) is 69.3 Å². The van der Waals surface area contributed by atoms with Crippen LogP contribution in [0.2, 0.25) is 0 Å². The number of benzene rings is 1. The average Bonchev–Trinajstić information content (AvgIpc) is 3.61. The SMILES string of the molecule is O=C(NCc1ccccc1F)Nc1cc2n(c1)NCN(CC1(O)CCN(C(=O)C3CC3)CC1)C2=O. The van der Waals surface area contributed by atoms with Gasteiger partial charge in [0, 0.05) is 31.1 Å². The molecule has 5 rings (SSSR count). The quantitative estimate of drug-likeness (QED) is 0.498. The number of rotatable bonds is 6. The molecule has 1 aromatic heterocycles. The Morgan fingerprint density at radius 1 is 1.20 bits per heavy atom. The second-order valence-corrected chi connectivity index (χ2v) is 9.53. The Hall–Kier alpha value is -3.60. The molecule has 10 nitrogen and oxygen atoms in total. The minimum Gasteiger partial charge on any atom is -0.388 e. The third-order valence-corrected chi connectivity index (χ3v) is 6.83. The van der Waals surface area contributed by atoms with E-state index < -0.39 is 17.4 Å². The van der Waals surface area contributed by atoms with Crippen molar-refractivity contribution in [2.75, 3.05) is 37.0 Å². The Kier molecular flexibility index (Phi) is 6.10. The summed E-state index contributed by atoms with van der Waals surface area (Å²) < 4.78 is 15.3. The van der Waals surface area contributed by atoms with Crippen molar-refractivity contribution in [3.05, 3.63) is 53.6 Å². The molecule has 3 aliphatic rings. The lowest BCUT2D eigenvalue weighted by Crippen LogP contribution is -2.56. The number of amides is 4. The first-order chi connectivity index (χ1) is 16.8. The second kappa shape index (κ2) is 9.21. The predicted octanol–water partition coefficient (Wildman–Crippen LogP) is 1.67. The number of β-amino-alcohol motifs (C(OH)–C–C–N with tert-alkyl or cyclic N) is 1. The standard InChI is InChI=1S/C24H29FN6O4/c25-19-4-2-1-3-17(19)12-26-23(34)28-18-11-20-22(33)30(15-27-31(20)13-18)14-24(35)7-9-29(10-8-24)21(32)16-5-6-16/h1-4,11,13,16,27,35H,5-10,12,14-15H2,(H2,26,28,34). The molecule has 0 spiro atoms. The Balaban J connectivity index is 1.15. The molecule has 3 heterocycles. The predicted molar refractivity (Wildman–Crippen MR) is 125 cm³/mol. The Labute approximate surface area is 202 Å². The monoisotopic (exact) mass is 484 g/mol. The fourth-order valence-corrected chi connectivity index (χ4v) is 4.59. The number of halogens is 1. The summed E-state index contributed by atoms with van der Waals surface area (Å²) in [6.07, 6.45) is 4.34. The first-order valence-electron chi connectivity index (χ1n) is 11.9. The number of aromatic nitrogens is 1. The molecule has 4 amide bonds. The lowest BCUT2D eigenvalue weighted by molar-refractivity contribution is -0.137. The summed E-state index contributed by atoms with van der Waals surface area (Å²) in [6.45, 7) is 1.37. The Bertz CT molecular complexity index is 1140. The van der Waals surface area contributed by atoms with E-state index >= 15 is 0 Å². The maximum atomic E-state index is 13.7. The molecule has 1 aromatic carbocycles. The molecule has 1 saturated heterocycles. The van der Waals surface area contributed by atoms with Crippen molar-refractivity contribution in [2.24, 2.45) is 5.92 Å². The largest absolute Gasteiger partial charge is 0.388 e. The Morgan fingerprint density at radius 3 is 2.66 bits per heavy atom. The first kappa shape index (κ1) is 23.2. The van der Waals surface area contributed by atoms with Crippen molar-refractivity contribution in [3.63, 3.8) is 0 Å². The molecule has 11 heteroatoms. The number of nitrogens with one attached hydrogen (secondary N) is 3. The highest BCUT2D eigenvalue weighted by molar-refractivity contribution is 5.97. The van der Waals surface area contributed by atoms with Gasteiger partial charge >= 0.3 is 6.03 Å². The summed E-state index contributed by atoms with van der Waals surface area (Å²) in [5.41, 5.74) is 3.12. The zero-order chi connectivity index (χ0) is 24.6. The van der Waals surface area contributed by atoms with Gasteiger partial charge in [0.25, 0.3) is 5.91 Å². The molecule has 0 bridgehead atoms. The number of fused-ring (bicyclic) bond motifs is 1. The highest BCUT2D eigenvalue weighted by Gasteiger charge is 2.41. The van der Waals surface area contributed by atoms with E-state index in [-0.39, 0.29) is 37.5 Å². The van der Waals surface area contributed by atoms with Crippen LogP contribution in [0.1, 0.15) is 41.7 Å². The fourth-order valence-electron chi connectivity index (χ4n) is 4.59. The number of likely N-dealkylation sites (tertiary alicyclic amines) is 1. The van der Waals surface area contributed by atoms with Crippen LogP contribution in [0.5, 0.6) is 0 Å². The summed E-state index contributed by atoms with van der Waals surface area (Å²) in [4.78, 5) is 41.0. The second-order valence-electron chi connectivity index (χ2n) is 9.53. The van der Waals surface area contributed by atoms with Crippen LogP contribution in [0.3, 0.4) is 0 Å². The molecule has 2 aliphatic heterocycles. The van der Waals surface area contributed by atoms with Crippen LogP contribution < -0.4 is 16.1 Å².